The third-order valence-corrected chi connectivity index (χ3v) is 7.67. The molecule has 0 bridgehead atoms. The minimum Gasteiger partial charge on any atom is -0.383 e. The van der Waals surface area contributed by atoms with E-state index in [4.69, 9.17) is 29.8 Å². The fourth-order valence-electron chi connectivity index (χ4n) is 5.07. The largest absolute Gasteiger partial charge is 0.383 e. The summed E-state index contributed by atoms with van der Waals surface area (Å²) in [6, 6.07) is 8.13. The van der Waals surface area contributed by atoms with E-state index in [9.17, 15) is 9.59 Å². The molecule has 0 unspecified atom stereocenters. The van der Waals surface area contributed by atoms with Crippen LogP contribution in [-0.2, 0) is 30.3 Å². The molecular weight excluding hydrogens is 644 g/mol. The lowest BCUT2D eigenvalue weighted by atomic mass is 10.1. The van der Waals surface area contributed by atoms with Gasteiger partial charge >= 0.3 is 0 Å². The van der Waals surface area contributed by atoms with Crippen molar-refractivity contribution in [2.75, 3.05) is 71.7 Å². The molecule has 4 heterocycles. The summed E-state index contributed by atoms with van der Waals surface area (Å²) in [7, 11) is 0. The fourth-order valence-corrected chi connectivity index (χ4v) is 5.07. The van der Waals surface area contributed by atoms with E-state index in [0.717, 1.165) is 40.4 Å². The Morgan fingerprint density at radius 1 is 0.840 bits per heavy atom. The van der Waals surface area contributed by atoms with Gasteiger partial charge in [-0.25, -0.2) is 24.6 Å². The Bertz CT molecular complexity index is 1810. The minimum absolute atomic E-state index is 0.0581. The summed E-state index contributed by atoms with van der Waals surface area (Å²) in [5.41, 5.74) is 10.1. The summed E-state index contributed by atoms with van der Waals surface area (Å²) < 4.78 is 23.8. The van der Waals surface area contributed by atoms with Crippen LogP contribution in [0.5, 0.6) is 0 Å². The zero-order chi connectivity index (χ0) is 35.0. The Hall–Kier alpha value is -5.03. The second kappa shape index (κ2) is 19.2. The van der Waals surface area contributed by atoms with E-state index in [-0.39, 0.29) is 18.2 Å². The van der Waals surface area contributed by atoms with Crippen molar-refractivity contribution in [2.24, 2.45) is 0 Å². The number of nitrogen functional groups attached to an aromatic ring is 1. The van der Waals surface area contributed by atoms with Gasteiger partial charge in [0.15, 0.2) is 5.65 Å². The van der Waals surface area contributed by atoms with Crippen molar-refractivity contribution in [3.8, 4) is 11.3 Å². The first-order valence-electron chi connectivity index (χ1n) is 16.7. The van der Waals surface area contributed by atoms with E-state index in [1.54, 1.807) is 6.92 Å². The maximum atomic E-state index is 12.2. The Morgan fingerprint density at radius 2 is 1.56 bits per heavy atom. The van der Waals surface area contributed by atoms with Crippen LogP contribution in [0.15, 0.2) is 49.2 Å². The quantitative estimate of drug-likeness (QED) is 0.0774. The van der Waals surface area contributed by atoms with Crippen molar-refractivity contribution in [3.63, 3.8) is 0 Å². The number of carbonyl (C=O) groups is 2. The van der Waals surface area contributed by atoms with E-state index < -0.39 is 0 Å². The highest BCUT2D eigenvalue weighted by Crippen LogP contribution is 2.31. The Balaban J connectivity index is 0.844. The van der Waals surface area contributed by atoms with Crippen LogP contribution in [0.2, 0.25) is 0 Å². The van der Waals surface area contributed by atoms with Gasteiger partial charge in [-0.2, -0.15) is 5.10 Å². The number of H-pyrrole nitrogens is 1. The molecule has 16 nitrogen and oxygen atoms in total. The molecule has 0 aliphatic carbocycles. The Labute approximate surface area is 289 Å². The van der Waals surface area contributed by atoms with Crippen LogP contribution in [0.4, 0.5) is 5.82 Å². The van der Waals surface area contributed by atoms with Crippen molar-refractivity contribution in [1.82, 2.24) is 45.3 Å². The van der Waals surface area contributed by atoms with Gasteiger partial charge in [-0.1, -0.05) is 6.07 Å². The number of amides is 2. The lowest BCUT2D eigenvalue weighted by molar-refractivity contribution is -0.122. The number of hydrogen-bond acceptors (Lipinski definition) is 12. The first-order chi connectivity index (χ1) is 24.5. The van der Waals surface area contributed by atoms with E-state index in [0.29, 0.717) is 95.3 Å². The molecule has 5 aromatic rings. The smallest absolute Gasteiger partial charge is 0.254 e. The number of nitrogens with two attached hydrogens (primary N) is 1. The number of aromatic nitrogens is 7. The van der Waals surface area contributed by atoms with Crippen LogP contribution < -0.4 is 16.4 Å². The monoisotopic (exact) mass is 688 g/mol. The molecule has 0 saturated heterocycles. The molecule has 0 atom stereocenters. The third kappa shape index (κ3) is 10.7. The molecule has 0 radical (unpaired) electrons. The van der Waals surface area contributed by atoms with Gasteiger partial charge < -0.3 is 40.3 Å². The molecule has 4 aromatic heterocycles. The zero-order valence-electron chi connectivity index (χ0n) is 28.2. The molecule has 266 valence electrons. The summed E-state index contributed by atoms with van der Waals surface area (Å²) >= 11 is 0. The van der Waals surface area contributed by atoms with E-state index in [1.165, 1.54) is 18.7 Å². The molecule has 0 fully saturated rings. The number of rotatable bonds is 22. The van der Waals surface area contributed by atoms with E-state index >= 15 is 0 Å². The second-order valence-corrected chi connectivity index (χ2v) is 11.3. The maximum Gasteiger partial charge on any atom is 0.254 e. The first-order valence-corrected chi connectivity index (χ1v) is 16.7. The minimum atomic E-state index is -0.238. The lowest BCUT2D eigenvalue weighted by Crippen LogP contribution is -2.28. The number of nitrogens with one attached hydrogen (secondary N) is 3. The number of anilines is 1. The molecule has 5 rings (SSSR count). The molecule has 5 N–H and O–H groups in total. The molecule has 1 aromatic carbocycles. The number of carbonyl (C=O) groups excluding carboxylic acids is 2. The van der Waals surface area contributed by atoms with Gasteiger partial charge in [0.05, 0.1) is 63.8 Å². The summed E-state index contributed by atoms with van der Waals surface area (Å²) in [6.45, 7) is 6.51. The predicted octanol–water partition coefficient (Wildman–Crippen LogP) is 2.44. The maximum absolute atomic E-state index is 12.2. The normalized spacial score (nSPS) is 11.4. The highest BCUT2D eigenvalue weighted by Gasteiger charge is 2.17. The van der Waals surface area contributed by atoms with Crippen LogP contribution in [0, 0.1) is 6.92 Å². The van der Waals surface area contributed by atoms with Crippen molar-refractivity contribution < 1.29 is 28.5 Å². The van der Waals surface area contributed by atoms with Crippen LogP contribution in [0.1, 0.15) is 35.4 Å². The average Bonchev–Trinajstić information content (AvgIpc) is 3.75. The first kappa shape index (κ1) is 36.3. The standard InChI is InChI=1S/C34H44N10O6/c1-24-39-21-27(22-40-24)34(46)38-10-13-48-15-17-50-19-18-49-16-14-47-12-7-29(45)37-8-2-3-11-44-33-30(32(35)41-23-42-33)31(43-44)26-4-5-28-25(20-26)6-9-36-28/h4-6,9,20-23,36H,2-3,7-8,10-19H2,1H3,(H,37,45)(H,38,46)(H2,35,41,42). The van der Waals surface area contributed by atoms with Crippen molar-refractivity contribution in [1.29, 1.82) is 0 Å². The Morgan fingerprint density at radius 3 is 2.32 bits per heavy atom. The molecule has 0 saturated carbocycles. The number of ether oxygens (including phenoxy) is 4. The third-order valence-electron chi connectivity index (χ3n) is 7.67. The summed E-state index contributed by atoms with van der Waals surface area (Å²) in [5, 5.41) is 12.4. The number of unbranched alkanes of at least 4 members (excludes halogenated alkanes) is 1. The van der Waals surface area contributed by atoms with Crippen LogP contribution in [0.3, 0.4) is 0 Å². The summed E-state index contributed by atoms with van der Waals surface area (Å²) in [5.74, 6) is 0.711. The summed E-state index contributed by atoms with van der Waals surface area (Å²) in [6.07, 6.45) is 8.20. The van der Waals surface area contributed by atoms with Gasteiger partial charge in [0.25, 0.3) is 5.91 Å². The SMILES string of the molecule is Cc1ncc(C(=O)NCCOCCOCCOCCOCCC(=O)NCCCCn2nc(-c3ccc4[nH]ccc4c3)c3c(N)ncnc32)cn1. The molecule has 0 spiro atoms. The number of fused-ring (bicyclic) bond motifs is 2. The topological polar surface area (TPSA) is 206 Å². The number of aromatic amines is 1. The van der Waals surface area contributed by atoms with Crippen LogP contribution >= 0.6 is 0 Å². The van der Waals surface area contributed by atoms with E-state index in [2.05, 4.69) is 41.6 Å². The number of hydrogen-bond donors (Lipinski definition) is 4. The lowest BCUT2D eigenvalue weighted by Gasteiger charge is -2.08. The van der Waals surface area contributed by atoms with Crippen LogP contribution in [0.25, 0.3) is 33.2 Å². The average molecular weight is 689 g/mol. The highest BCUT2D eigenvalue weighted by molar-refractivity contribution is 6.00. The molecule has 0 aliphatic rings. The number of aryl methyl sites for hydroxylation is 2. The molecular formula is C34H44N10O6. The van der Waals surface area contributed by atoms with Gasteiger partial charge in [0.2, 0.25) is 5.91 Å². The van der Waals surface area contributed by atoms with Crippen molar-refractivity contribution >= 4 is 39.6 Å². The van der Waals surface area contributed by atoms with Gasteiger partial charge in [-0.15, -0.1) is 0 Å². The zero-order valence-corrected chi connectivity index (χ0v) is 28.2. The fraction of sp³-hybridized carbons (Fsp3) is 0.441. The van der Waals surface area contributed by atoms with Gasteiger partial charge in [-0.05, 0) is 38.0 Å². The number of nitrogens with zero attached hydrogens (tertiary/aromatic N) is 6. The van der Waals surface area contributed by atoms with Gasteiger partial charge in [0, 0.05) is 61.1 Å². The van der Waals surface area contributed by atoms with Gasteiger partial charge in [0.1, 0.15) is 23.7 Å². The van der Waals surface area contributed by atoms with Crippen molar-refractivity contribution in [2.45, 2.75) is 32.7 Å². The number of benzene rings is 1. The second-order valence-electron chi connectivity index (χ2n) is 11.3. The highest BCUT2D eigenvalue weighted by atomic mass is 16.6. The predicted molar refractivity (Wildman–Crippen MR) is 186 cm³/mol. The summed E-state index contributed by atoms with van der Waals surface area (Å²) in [4.78, 5) is 44.0. The van der Waals surface area contributed by atoms with Crippen molar-refractivity contribution in [3.05, 3.63) is 60.6 Å². The van der Waals surface area contributed by atoms with Gasteiger partial charge in [-0.3, -0.25) is 9.59 Å². The van der Waals surface area contributed by atoms with E-state index in [1.807, 2.05) is 29.1 Å². The van der Waals surface area contributed by atoms with Crippen LogP contribution in [-0.4, -0.2) is 112 Å². The molecule has 50 heavy (non-hydrogen) atoms. The molecule has 2 amide bonds. The molecule has 16 heteroatoms. The molecule has 0 aliphatic heterocycles. The Kier molecular flexibility index (Phi) is 13.9.